The third-order valence-electron chi connectivity index (χ3n) is 4.10. The van der Waals surface area contributed by atoms with Crippen molar-refractivity contribution in [2.24, 2.45) is 4.99 Å². The fourth-order valence-electron chi connectivity index (χ4n) is 2.52. The van der Waals surface area contributed by atoms with E-state index in [-0.39, 0.29) is 6.54 Å². The number of ether oxygens (including phenoxy) is 2. The molecule has 1 unspecified atom stereocenters. The summed E-state index contributed by atoms with van der Waals surface area (Å²) in [4.78, 5) is 4.48. The van der Waals surface area contributed by atoms with Crippen LogP contribution in [0.4, 0.5) is 0 Å². The summed E-state index contributed by atoms with van der Waals surface area (Å²) in [5.41, 5.74) is -1.16. The van der Waals surface area contributed by atoms with Gasteiger partial charge in [0.25, 0.3) is 0 Å². The Bertz CT molecular complexity index is 738. The van der Waals surface area contributed by atoms with Crippen molar-refractivity contribution in [2.75, 3.05) is 33.4 Å². The van der Waals surface area contributed by atoms with Gasteiger partial charge in [-0.1, -0.05) is 0 Å². The molecule has 0 aliphatic rings. The fraction of sp³-hybridized carbons (Fsp3) is 0.476. The van der Waals surface area contributed by atoms with Crippen LogP contribution >= 0.6 is 0 Å². The zero-order chi connectivity index (χ0) is 20.4. The van der Waals surface area contributed by atoms with Crippen molar-refractivity contribution < 1.29 is 19.0 Å². The molecule has 0 bridgehead atoms. The van der Waals surface area contributed by atoms with Crippen LogP contribution in [0, 0.1) is 6.92 Å². The van der Waals surface area contributed by atoms with Crippen molar-refractivity contribution in [1.82, 2.24) is 10.6 Å². The molecule has 0 amide bonds. The Morgan fingerprint density at radius 2 is 1.86 bits per heavy atom. The number of nitrogens with zero attached hydrogens (tertiary/aromatic N) is 1. The summed E-state index contributed by atoms with van der Waals surface area (Å²) in [5.74, 6) is 3.54. The molecule has 7 nitrogen and oxygen atoms in total. The van der Waals surface area contributed by atoms with Gasteiger partial charge in [0.05, 0.1) is 20.3 Å². The number of aliphatic imine (C=N–C) groups is 1. The molecule has 0 radical (unpaired) electrons. The number of hydrogen-bond acceptors (Lipinski definition) is 5. The van der Waals surface area contributed by atoms with Gasteiger partial charge in [0.1, 0.15) is 28.6 Å². The van der Waals surface area contributed by atoms with Gasteiger partial charge in [-0.05, 0) is 63.6 Å². The largest absolute Gasteiger partial charge is 0.497 e. The van der Waals surface area contributed by atoms with E-state index in [1.165, 1.54) is 0 Å². The molecule has 3 N–H and O–H groups in total. The van der Waals surface area contributed by atoms with E-state index in [1.807, 2.05) is 44.2 Å². The second-order valence-electron chi connectivity index (χ2n) is 6.68. The highest BCUT2D eigenvalue weighted by Gasteiger charge is 2.26. The van der Waals surface area contributed by atoms with Gasteiger partial charge >= 0.3 is 0 Å². The lowest BCUT2D eigenvalue weighted by Crippen LogP contribution is -2.39. The quantitative estimate of drug-likeness (QED) is 0.329. The van der Waals surface area contributed by atoms with E-state index < -0.39 is 5.60 Å². The van der Waals surface area contributed by atoms with Gasteiger partial charge in [-0.15, -0.1) is 0 Å². The summed E-state index contributed by atoms with van der Waals surface area (Å²) in [5, 5.41) is 17.0. The Kier molecular flexibility index (Phi) is 8.19. The Morgan fingerprint density at radius 3 is 2.46 bits per heavy atom. The molecular formula is C21H31N3O4. The number of nitrogens with one attached hydrogen (secondary N) is 2. The summed E-state index contributed by atoms with van der Waals surface area (Å²) in [6.07, 6.45) is 0.810. The second kappa shape index (κ2) is 10.6. The molecule has 1 heterocycles. The van der Waals surface area contributed by atoms with Crippen LogP contribution in [0.1, 0.15) is 31.8 Å². The summed E-state index contributed by atoms with van der Waals surface area (Å²) < 4.78 is 16.4. The molecular weight excluding hydrogens is 358 g/mol. The van der Waals surface area contributed by atoms with E-state index in [9.17, 15) is 5.11 Å². The standard InChI is InChI=1S/C21H31N3O4/c1-5-22-20(24-15-21(3,25)19-12-7-16(2)28-19)23-13-6-14-27-18-10-8-17(26-4)9-11-18/h7-12,25H,5-6,13-15H2,1-4H3,(H2,22,23,24). The molecule has 1 aromatic carbocycles. The number of methoxy groups -OCH3 is 1. The predicted molar refractivity (Wildman–Crippen MR) is 110 cm³/mol. The van der Waals surface area contributed by atoms with Gasteiger partial charge in [-0.2, -0.15) is 0 Å². The average molecular weight is 389 g/mol. The second-order valence-corrected chi connectivity index (χ2v) is 6.68. The van der Waals surface area contributed by atoms with Crippen molar-refractivity contribution in [3.63, 3.8) is 0 Å². The van der Waals surface area contributed by atoms with Crippen molar-refractivity contribution in [3.05, 3.63) is 47.9 Å². The maximum absolute atomic E-state index is 10.6. The van der Waals surface area contributed by atoms with E-state index in [4.69, 9.17) is 13.9 Å². The molecule has 2 aromatic rings. The number of aryl methyl sites for hydroxylation is 1. The average Bonchev–Trinajstić information content (AvgIpc) is 3.13. The minimum atomic E-state index is -1.16. The monoisotopic (exact) mass is 389 g/mol. The number of hydrogen-bond donors (Lipinski definition) is 3. The summed E-state index contributed by atoms with van der Waals surface area (Å²) in [6.45, 7) is 7.75. The molecule has 0 saturated heterocycles. The highest BCUT2D eigenvalue weighted by molar-refractivity contribution is 5.79. The molecule has 1 atom stereocenters. The SMILES string of the molecule is CCNC(=NCC(C)(O)c1ccc(C)o1)NCCCOc1ccc(OC)cc1. The zero-order valence-electron chi connectivity index (χ0n) is 17.1. The maximum atomic E-state index is 10.6. The smallest absolute Gasteiger partial charge is 0.191 e. The van der Waals surface area contributed by atoms with Crippen molar-refractivity contribution in [3.8, 4) is 11.5 Å². The first-order valence-corrected chi connectivity index (χ1v) is 9.53. The highest BCUT2D eigenvalue weighted by atomic mass is 16.5. The van der Waals surface area contributed by atoms with Gasteiger partial charge < -0.3 is 29.6 Å². The lowest BCUT2D eigenvalue weighted by atomic mass is 10.0. The number of furan rings is 1. The predicted octanol–water partition coefficient (Wildman–Crippen LogP) is 2.83. The molecule has 0 saturated carbocycles. The molecule has 2 rings (SSSR count). The van der Waals surface area contributed by atoms with Gasteiger partial charge in [0.15, 0.2) is 5.96 Å². The van der Waals surface area contributed by atoms with Crippen molar-refractivity contribution in [2.45, 2.75) is 32.8 Å². The molecule has 0 spiro atoms. The van der Waals surface area contributed by atoms with E-state index in [0.717, 1.165) is 30.2 Å². The Morgan fingerprint density at radius 1 is 1.14 bits per heavy atom. The normalized spacial score (nSPS) is 13.7. The molecule has 1 aromatic heterocycles. The summed E-state index contributed by atoms with van der Waals surface area (Å²) in [6, 6.07) is 11.1. The molecule has 0 fully saturated rings. The third kappa shape index (κ3) is 6.81. The van der Waals surface area contributed by atoms with Gasteiger partial charge in [-0.25, -0.2) is 4.99 Å². The lowest BCUT2D eigenvalue weighted by Gasteiger charge is -2.19. The Labute approximate surface area is 166 Å². The van der Waals surface area contributed by atoms with Gasteiger partial charge in [0.2, 0.25) is 0 Å². The van der Waals surface area contributed by atoms with E-state index >= 15 is 0 Å². The first kappa shape index (κ1) is 21.6. The molecule has 154 valence electrons. The molecule has 7 heteroatoms. The van der Waals surface area contributed by atoms with Gasteiger partial charge in [0, 0.05) is 13.1 Å². The Balaban J connectivity index is 1.77. The van der Waals surface area contributed by atoms with Crippen molar-refractivity contribution in [1.29, 1.82) is 0 Å². The van der Waals surface area contributed by atoms with E-state index in [2.05, 4.69) is 15.6 Å². The van der Waals surface area contributed by atoms with E-state index in [0.29, 0.717) is 24.9 Å². The molecule has 28 heavy (non-hydrogen) atoms. The fourth-order valence-corrected chi connectivity index (χ4v) is 2.52. The third-order valence-corrected chi connectivity index (χ3v) is 4.10. The number of aliphatic hydroxyl groups is 1. The first-order valence-electron chi connectivity index (χ1n) is 9.53. The zero-order valence-corrected chi connectivity index (χ0v) is 17.1. The molecule has 0 aliphatic carbocycles. The van der Waals surface area contributed by atoms with Crippen LogP contribution in [0.15, 0.2) is 45.8 Å². The van der Waals surface area contributed by atoms with E-state index in [1.54, 1.807) is 20.1 Å². The maximum Gasteiger partial charge on any atom is 0.191 e. The lowest BCUT2D eigenvalue weighted by molar-refractivity contribution is 0.0428. The number of benzene rings is 1. The van der Waals surface area contributed by atoms with Crippen molar-refractivity contribution >= 4 is 5.96 Å². The van der Waals surface area contributed by atoms with Crippen LogP contribution in [-0.2, 0) is 5.60 Å². The minimum absolute atomic E-state index is 0.192. The van der Waals surface area contributed by atoms with Crippen LogP contribution in [0.3, 0.4) is 0 Å². The first-order chi connectivity index (χ1) is 13.4. The topological polar surface area (TPSA) is 88.3 Å². The van der Waals surface area contributed by atoms with Crippen LogP contribution in [0.5, 0.6) is 11.5 Å². The minimum Gasteiger partial charge on any atom is -0.497 e. The summed E-state index contributed by atoms with van der Waals surface area (Å²) >= 11 is 0. The van der Waals surface area contributed by atoms with Crippen LogP contribution < -0.4 is 20.1 Å². The summed E-state index contributed by atoms with van der Waals surface area (Å²) in [7, 11) is 1.64. The number of rotatable bonds is 10. The molecule has 0 aliphatic heterocycles. The van der Waals surface area contributed by atoms with Crippen LogP contribution in [0.2, 0.25) is 0 Å². The Hall–Kier alpha value is -2.67. The van der Waals surface area contributed by atoms with Gasteiger partial charge in [-0.3, -0.25) is 0 Å². The highest BCUT2D eigenvalue weighted by Crippen LogP contribution is 2.23. The van der Waals surface area contributed by atoms with Crippen LogP contribution in [-0.4, -0.2) is 44.4 Å². The van der Waals surface area contributed by atoms with Crippen LogP contribution in [0.25, 0.3) is 0 Å². The number of guanidine groups is 1.